The number of likely N-dealkylation sites (N-methyl/N-ethyl adjacent to an activating group) is 1. The predicted molar refractivity (Wildman–Crippen MR) is 108 cm³/mol. The van der Waals surface area contributed by atoms with Gasteiger partial charge in [-0.05, 0) is 44.7 Å². The molecule has 2 aliphatic rings. The van der Waals surface area contributed by atoms with Crippen LogP contribution >= 0.6 is 0 Å². The van der Waals surface area contributed by atoms with Gasteiger partial charge in [0, 0.05) is 52.9 Å². The molecule has 1 unspecified atom stereocenters. The number of rotatable bonds is 8. The molecule has 146 valence electrons. The van der Waals surface area contributed by atoms with Gasteiger partial charge in [-0.15, -0.1) is 0 Å². The van der Waals surface area contributed by atoms with Crippen LogP contribution in [0.4, 0.5) is 0 Å². The Kier molecular flexibility index (Phi) is 9.04. The maximum absolute atomic E-state index is 4.53. The third kappa shape index (κ3) is 6.45. The number of hydrogen-bond acceptors (Lipinski definition) is 3. The van der Waals surface area contributed by atoms with Crippen molar-refractivity contribution in [2.24, 2.45) is 16.8 Å². The minimum Gasteiger partial charge on any atom is -0.356 e. The lowest BCUT2D eigenvalue weighted by Crippen LogP contribution is -2.44. The van der Waals surface area contributed by atoms with Gasteiger partial charge in [0.1, 0.15) is 0 Å². The van der Waals surface area contributed by atoms with Crippen LogP contribution in [0.3, 0.4) is 0 Å². The molecule has 1 atom stereocenters. The first-order chi connectivity index (χ1) is 12.2. The maximum atomic E-state index is 4.53. The summed E-state index contributed by atoms with van der Waals surface area (Å²) in [6.45, 7) is 14.2. The van der Waals surface area contributed by atoms with Crippen LogP contribution in [0.5, 0.6) is 0 Å². The van der Waals surface area contributed by atoms with Gasteiger partial charge in [0.2, 0.25) is 0 Å². The Morgan fingerprint density at radius 2 is 1.80 bits per heavy atom. The molecule has 2 aliphatic heterocycles. The van der Waals surface area contributed by atoms with Crippen molar-refractivity contribution >= 4 is 5.96 Å². The average Bonchev–Trinajstić information content (AvgIpc) is 3.10. The summed E-state index contributed by atoms with van der Waals surface area (Å²) in [7, 11) is 4.15. The van der Waals surface area contributed by atoms with E-state index >= 15 is 0 Å². The van der Waals surface area contributed by atoms with Crippen molar-refractivity contribution in [1.29, 1.82) is 0 Å². The average molecular weight is 352 g/mol. The van der Waals surface area contributed by atoms with Crippen LogP contribution in [0.1, 0.15) is 46.0 Å². The fraction of sp³-hybridized carbons (Fsp3) is 0.950. The minimum atomic E-state index is 0.853. The lowest BCUT2D eigenvalue weighted by Gasteiger charge is -2.32. The van der Waals surface area contributed by atoms with Crippen molar-refractivity contribution < 1.29 is 0 Å². The molecule has 0 aliphatic carbocycles. The number of nitrogens with one attached hydrogen (secondary N) is 1. The van der Waals surface area contributed by atoms with E-state index in [0.717, 1.165) is 24.3 Å². The van der Waals surface area contributed by atoms with Gasteiger partial charge in [-0.2, -0.15) is 0 Å². The molecular formula is C20H41N5. The van der Waals surface area contributed by atoms with Crippen LogP contribution in [0.15, 0.2) is 4.99 Å². The second-order valence-corrected chi connectivity index (χ2v) is 7.90. The van der Waals surface area contributed by atoms with Crippen LogP contribution in [-0.2, 0) is 0 Å². The molecular weight excluding hydrogens is 310 g/mol. The van der Waals surface area contributed by atoms with Gasteiger partial charge >= 0.3 is 0 Å². The first kappa shape index (κ1) is 20.5. The Morgan fingerprint density at radius 3 is 2.44 bits per heavy atom. The number of likely N-dealkylation sites (tertiary alicyclic amines) is 1. The Morgan fingerprint density at radius 1 is 1.08 bits per heavy atom. The highest BCUT2D eigenvalue weighted by Crippen LogP contribution is 2.28. The van der Waals surface area contributed by atoms with E-state index in [9.17, 15) is 0 Å². The molecule has 1 N–H and O–H groups in total. The van der Waals surface area contributed by atoms with Crippen molar-refractivity contribution in [2.75, 3.05) is 66.5 Å². The zero-order valence-electron chi connectivity index (χ0n) is 17.1. The lowest BCUT2D eigenvalue weighted by molar-refractivity contribution is 0.152. The Bertz CT molecular complexity index is 386. The third-order valence-corrected chi connectivity index (χ3v) is 6.23. The molecule has 2 saturated heterocycles. The molecule has 2 rings (SSSR count). The number of unbranched alkanes of at least 4 members (excludes halogenated alkanes) is 1. The van der Waals surface area contributed by atoms with Crippen molar-refractivity contribution in [3.63, 3.8) is 0 Å². The predicted octanol–water partition coefficient (Wildman–Crippen LogP) is 2.35. The highest BCUT2D eigenvalue weighted by molar-refractivity contribution is 5.80. The summed E-state index contributed by atoms with van der Waals surface area (Å²) in [5.41, 5.74) is 0. The number of hydrogen-bond donors (Lipinski definition) is 1. The van der Waals surface area contributed by atoms with E-state index in [2.05, 4.69) is 45.9 Å². The van der Waals surface area contributed by atoms with Crippen LogP contribution in [0.2, 0.25) is 0 Å². The summed E-state index contributed by atoms with van der Waals surface area (Å²) in [6, 6.07) is 0. The first-order valence-electron chi connectivity index (χ1n) is 10.5. The quantitative estimate of drug-likeness (QED) is 0.413. The van der Waals surface area contributed by atoms with Gasteiger partial charge in [0.05, 0.1) is 0 Å². The smallest absolute Gasteiger partial charge is 0.193 e. The molecule has 0 amide bonds. The van der Waals surface area contributed by atoms with Crippen LogP contribution in [0.25, 0.3) is 0 Å². The molecule has 0 aromatic heterocycles. The summed E-state index contributed by atoms with van der Waals surface area (Å²) in [5.74, 6) is 2.85. The molecule has 0 spiro atoms. The molecule has 0 bridgehead atoms. The molecule has 0 saturated carbocycles. The van der Waals surface area contributed by atoms with Crippen molar-refractivity contribution in [3.8, 4) is 0 Å². The molecule has 2 fully saturated rings. The normalized spacial score (nSPS) is 23.6. The van der Waals surface area contributed by atoms with Crippen LogP contribution < -0.4 is 5.32 Å². The monoisotopic (exact) mass is 351 g/mol. The number of guanidine groups is 1. The van der Waals surface area contributed by atoms with Crippen molar-refractivity contribution in [1.82, 2.24) is 20.0 Å². The van der Waals surface area contributed by atoms with Crippen molar-refractivity contribution in [2.45, 2.75) is 46.0 Å². The summed E-state index contributed by atoms with van der Waals surface area (Å²) in [5, 5.41) is 3.60. The van der Waals surface area contributed by atoms with Crippen LogP contribution in [0, 0.1) is 11.8 Å². The summed E-state index contributed by atoms with van der Waals surface area (Å²) >= 11 is 0. The number of nitrogens with zero attached hydrogens (tertiary/aromatic N) is 4. The molecule has 0 radical (unpaired) electrons. The van der Waals surface area contributed by atoms with E-state index in [0.29, 0.717) is 0 Å². The summed E-state index contributed by atoms with van der Waals surface area (Å²) in [6.07, 6.45) is 6.47. The van der Waals surface area contributed by atoms with Gasteiger partial charge < -0.3 is 20.0 Å². The maximum Gasteiger partial charge on any atom is 0.193 e. The van der Waals surface area contributed by atoms with Gasteiger partial charge in [-0.3, -0.25) is 4.99 Å². The molecule has 25 heavy (non-hydrogen) atoms. The summed E-state index contributed by atoms with van der Waals surface area (Å²) < 4.78 is 0. The number of piperazine rings is 1. The topological polar surface area (TPSA) is 34.1 Å². The Hall–Kier alpha value is -0.810. The molecule has 0 aromatic rings. The fourth-order valence-electron chi connectivity index (χ4n) is 4.38. The second-order valence-electron chi connectivity index (χ2n) is 7.90. The minimum absolute atomic E-state index is 0.853. The zero-order valence-corrected chi connectivity index (χ0v) is 17.1. The van der Waals surface area contributed by atoms with E-state index in [1.807, 2.05) is 7.05 Å². The Labute approximate surface area is 155 Å². The molecule has 5 heteroatoms. The van der Waals surface area contributed by atoms with E-state index < -0.39 is 0 Å². The highest BCUT2D eigenvalue weighted by atomic mass is 15.3. The molecule has 5 nitrogen and oxygen atoms in total. The molecule has 2 heterocycles. The van der Waals surface area contributed by atoms with E-state index in [1.54, 1.807) is 0 Å². The summed E-state index contributed by atoms with van der Waals surface area (Å²) in [4.78, 5) is 12.0. The van der Waals surface area contributed by atoms with E-state index in [4.69, 9.17) is 0 Å². The van der Waals surface area contributed by atoms with Gasteiger partial charge in [-0.1, -0.05) is 26.7 Å². The van der Waals surface area contributed by atoms with Crippen molar-refractivity contribution in [3.05, 3.63) is 0 Å². The van der Waals surface area contributed by atoms with Gasteiger partial charge in [0.15, 0.2) is 5.96 Å². The Balaban J connectivity index is 1.61. The van der Waals surface area contributed by atoms with Gasteiger partial charge in [0.25, 0.3) is 0 Å². The SMILES string of the molecule is CCC(CC)C1CCN(C(=NC)NCCCCN2CCN(C)CC2)C1. The highest BCUT2D eigenvalue weighted by Gasteiger charge is 2.29. The largest absolute Gasteiger partial charge is 0.356 e. The van der Waals surface area contributed by atoms with E-state index in [-0.39, 0.29) is 0 Å². The van der Waals surface area contributed by atoms with Gasteiger partial charge in [-0.25, -0.2) is 0 Å². The third-order valence-electron chi connectivity index (χ3n) is 6.23. The second kappa shape index (κ2) is 11.0. The van der Waals surface area contributed by atoms with E-state index in [1.165, 1.54) is 77.9 Å². The zero-order chi connectivity index (χ0) is 18.1. The fourth-order valence-corrected chi connectivity index (χ4v) is 4.38. The number of aliphatic imine (C=N–C) groups is 1. The first-order valence-corrected chi connectivity index (χ1v) is 10.5. The standard InChI is InChI=1S/C20H41N5/c1-5-18(6-2)19-9-12-25(17-19)20(21-3)22-10-7-8-11-24-15-13-23(4)14-16-24/h18-19H,5-17H2,1-4H3,(H,21,22). The molecule has 0 aromatic carbocycles. The van der Waals surface area contributed by atoms with Crippen LogP contribution in [-0.4, -0.2) is 87.1 Å². The lowest BCUT2D eigenvalue weighted by atomic mass is 9.87.